The SMILES string of the molecule is Cc1cc(C)c(B(c2cccc(-c3cccc(-c4ccc(C56CC7CC(C5)CC(c5ccc(P(c8ccccc8)c8ccccc8)cc5)(C7)C6)cc4)n3)c2)c2c(C)cc(C)cc2C)c(C)c1. The standard InChI is InChI=1S/C63H61BNP/c1-42-31-44(3)60(45(4)32-42)64(61-46(5)33-43(2)34-47(61)6)54-16-13-15-51(36-54)59-22-14-21-58(65-59)50-23-25-52(26-24-50)62-37-48-35-49(38-62)40-63(39-48,41-62)53-27-29-57(30-28-53)66(55-17-9-7-10-18-55)56-19-11-8-12-20-56/h7-34,36,48-49H,35,37-41H2,1-6H3. The second kappa shape index (κ2) is 17.1. The number of pyridine rings is 1. The zero-order valence-corrected chi connectivity index (χ0v) is 40.5. The van der Waals surface area contributed by atoms with E-state index < -0.39 is 7.92 Å². The molecule has 0 amide bonds. The average molecular weight is 874 g/mol. The average Bonchev–Trinajstić information content (AvgIpc) is 3.31. The number of benzene rings is 7. The third-order valence-corrected chi connectivity index (χ3v) is 18.4. The van der Waals surface area contributed by atoms with Gasteiger partial charge in [0.15, 0.2) is 0 Å². The van der Waals surface area contributed by atoms with Gasteiger partial charge in [-0.3, -0.25) is 0 Å². The van der Waals surface area contributed by atoms with Crippen molar-refractivity contribution in [3.8, 4) is 22.5 Å². The first kappa shape index (κ1) is 42.8. The van der Waals surface area contributed by atoms with Crippen LogP contribution < -0.4 is 32.3 Å². The van der Waals surface area contributed by atoms with Crippen LogP contribution >= 0.6 is 7.92 Å². The lowest BCUT2D eigenvalue weighted by Gasteiger charge is -2.63. The van der Waals surface area contributed by atoms with Crippen molar-refractivity contribution >= 4 is 46.9 Å². The van der Waals surface area contributed by atoms with E-state index >= 15 is 0 Å². The molecule has 0 saturated heterocycles. The molecule has 4 fully saturated rings. The summed E-state index contributed by atoms with van der Waals surface area (Å²) in [5.41, 5.74) is 20.1. The number of hydrogen-bond acceptors (Lipinski definition) is 1. The first-order valence-corrected chi connectivity index (χ1v) is 25.7. The number of aryl methyl sites for hydroxylation is 6. The zero-order valence-electron chi connectivity index (χ0n) is 39.6. The highest BCUT2D eigenvalue weighted by atomic mass is 31.1. The molecule has 0 aliphatic heterocycles. The van der Waals surface area contributed by atoms with Crippen molar-refractivity contribution in [2.24, 2.45) is 11.8 Å². The quantitative estimate of drug-likeness (QED) is 0.0985. The molecule has 4 aliphatic rings. The Bertz CT molecular complexity index is 2910. The third kappa shape index (κ3) is 7.80. The van der Waals surface area contributed by atoms with E-state index in [9.17, 15) is 0 Å². The van der Waals surface area contributed by atoms with E-state index in [0.717, 1.165) is 28.8 Å². The monoisotopic (exact) mass is 873 g/mol. The van der Waals surface area contributed by atoms with Gasteiger partial charge in [0, 0.05) is 5.56 Å². The summed E-state index contributed by atoms with van der Waals surface area (Å²) in [6.07, 6.45) is 7.98. The maximum Gasteiger partial charge on any atom is 0.242 e. The molecule has 4 aliphatic carbocycles. The van der Waals surface area contributed by atoms with Crippen LogP contribution in [0.25, 0.3) is 22.5 Å². The van der Waals surface area contributed by atoms with Crippen LogP contribution in [0.4, 0.5) is 0 Å². The molecular weight excluding hydrogens is 812 g/mol. The van der Waals surface area contributed by atoms with Gasteiger partial charge in [0.05, 0.1) is 11.4 Å². The minimum atomic E-state index is -0.610. The van der Waals surface area contributed by atoms with E-state index in [1.165, 1.54) is 115 Å². The molecule has 7 aromatic carbocycles. The van der Waals surface area contributed by atoms with Gasteiger partial charge in [-0.15, -0.1) is 0 Å². The Morgan fingerprint density at radius 3 is 1.38 bits per heavy atom. The summed E-state index contributed by atoms with van der Waals surface area (Å²) in [6, 6.07) is 67.1. The largest absolute Gasteiger partial charge is 0.248 e. The van der Waals surface area contributed by atoms with E-state index in [1.54, 1.807) is 5.56 Å². The Balaban J connectivity index is 0.883. The zero-order chi connectivity index (χ0) is 45.2. The topological polar surface area (TPSA) is 12.9 Å². The molecule has 2 unspecified atom stereocenters. The van der Waals surface area contributed by atoms with Crippen molar-refractivity contribution in [1.82, 2.24) is 4.98 Å². The molecule has 12 rings (SSSR count). The third-order valence-electron chi connectivity index (χ3n) is 15.9. The van der Waals surface area contributed by atoms with Crippen molar-refractivity contribution < 1.29 is 0 Å². The van der Waals surface area contributed by atoms with Crippen LogP contribution in [0, 0.1) is 53.4 Å². The molecule has 0 spiro atoms. The van der Waals surface area contributed by atoms with Gasteiger partial charge in [-0.2, -0.15) is 0 Å². The van der Waals surface area contributed by atoms with E-state index in [4.69, 9.17) is 4.98 Å². The lowest BCUT2D eigenvalue weighted by molar-refractivity contribution is -0.0281. The predicted octanol–water partition coefficient (Wildman–Crippen LogP) is 12.3. The fraction of sp³-hybridized carbons (Fsp3) is 0.254. The molecule has 1 heterocycles. The maximum absolute atomic E-state index is 5.38. The second-order valence-electron chi connectivity index (χ2n) is 20.7. The van der Waals surface area contributed by atoms with Gasteiger partial charge in [0.25, 0.3) is 0 Å². The summed E-state index contributed by atoms with van der Waals surface area (Å²) >= 11 is 0. The van der Waals surface area contributed by atoms with Gasteiger partial charge in [0.1, 0.15) is 0 Å². The smallest absolute Gasteiger partial charge is 0.242 e. The summed E-state index contributed by atoms with van der Waals surface area (Å²) in [6.45, 7) is 13.7. The fourth-order valence-electron chi connectivity index (χ4n) is 13.9. The van der Waals surface area contributed by atoms with E-state index in [-0.39, 0.29) is 17.5 Å². The summed E-state index contributed by atoms with van der Waals surface area (Å²) in [4.78, 5) is 5.38. The maximum atomic E-state index is 5.38. The lowest BCUT2D eigenvalue weighted by Crippen LogP contribution is -2.55. The Labute approximate surface area is 395 Å². The number of rotatable bonds is 10. The summed E-state index contributed by atoms with van der Waals surface area (Å²) < 4.78 is 0. The Hall–Kier alpha value is -5.82. The van der Waals surface area contributed by atoms with Crippen molar-refractivity contribution in [2.75, 3.05) is 0 Å². The van der Waals surface area contributed by atoms with Crippen LogP contribution in [0.2, 0.25) is 0 Å². The van der Waals surface area contributed by atoms with Crippen LogP contribution in [0.5, 0.6) is 0 Å². The Kier molecular flexibility index (Phi) is 11.1. The normalized spacial score (nSPS) is 20.8. The van der Waals surface area contributed by atoms with Crippen LogP contribution in [-0.2, 0) is 10.8 Å². The molecule has 1 nitrogen and oxygen atoms in total. The summed E-state index contributed by atoms with van der Waals surface area (Å²) in [5.74, 6) is 1.59. The van der Waals surface area contributed by atoms with Crippen molar-refractivity contribution in [3.63, 3.8) is 0 Å². The lowest BCUT2D eigenvalue weighted by atomic mass is 9.34. The molecular formula is C63H61BNP. The molecule has 0 radical (unpaired) electrons. The van der Waals surface area contributed by atoms with E-state index in [2.05, 4.69) is 217 Å². The second-order valence-corrected chi connectivity index (χ2v) is 23.0. The van der Waals surface area contributed by atoms with Crippen LogP contribution in [0.3, 0.4) is 0 Å². The highest BCUT2D eigenvalue weighted by molar-refractivity contribution is 7.79. The number of nitrogens with zero attached hydrogens (tertiary/aromatic N) is 1. The van der Waals surface area contributed by atoms with Crippen molar-refractivity contribution in [1.29, 1.82) is 0 Å². The minimum absolute atomic E-state index is 0.123. The molecule has 1 aromatic heterocycles. The minimum Gasteiger partial charge on any atom is -0.248 e. The first-order valence-electron chi connectivity index (χ1n) is 24.4. The van der Waals surface area contributed by atoms with E-state index in [0.29, 0.717) is 0 Å². The predicted molar refractivity (Wildman–Crippen MR) is 284 cm³/mol. The van der Waals surface area contributed by atoms with Crippen molar-refractivity contribution in [3.05, 3.63) is 220 Å². The number of hydrogen-bond donors (Lipinski definition) is 0. The molecule has 0 N–H and O–H groups in total. The molecule has 326 valence electrons. The molecule has 3 heteroatoms. The highest BCUT2D eigenvalue weighted by Crippen LogP contribution is 2.66. The van der Waals surface area contributed by atoms with Gasteiger partial charge >= 0.3 is 0 Å². The Morgan fingerprint density at radius 1 is 0.439 bits per heavy atom. The molecule has 4 saturated carbocycles. The van der Waals surface area contributed by atoms with E-state index in [1.807, 2.05) is 0 Å². The van der Waals surface area contributed by atoms with Gasteiger partial charge < -0.3 is 0 Å². The highest BCUT2D eigenvalue weighted by Gasteiger charge is 2.58. The van der Waals surface area contributed by atoms with Gasteiger partial charge in [-0.05, 0) is 155 Å². The first-order chi connectivity index (χ1) is 32.0. The fourth-order valence-corrected chi connectivity index (χ4v) is 16.2. The molecule has 66 heavy (non-hydrogen) atoms. The summed E-state index contributed by atoms with van der Waals surface area (Å²) in [7, 11) is -0.610. The molecule has 8 aromatic rings. The van der Waals surface area contributed by atoms with Crippen LogP contribution in [0.15, 0.2) is 176 Å². The van der Waals surface area contributed by atoms with Crippen molar-refractivity contribution in [2.45, 2.75) is 90.9 Å². The molecule has 2 atom stereocenters. The van der Waals surface area contributed by atoms with Crippen LogP contribution in [0.1, 0.15) is 83.0 Å². The van der Waals surface area contributed by atoms with Gasteiger partial charge in [0.2, 0.25) is 6.71 Å². The van der Waals surface area contributed by atoms with Gasteiger partial charge in [-0.25, -0.2) is 4.98 Å². The molecule has 4 bridgehead atoms. The number of aromatic nitrogens is 1. The Morgan fingerprint density at radius 2 is 0.879 bits per heavy atom. The van der Waals surface area contributed by atoms with Crippen LogP contribution in [-0.4, -0.2) is 11.7 Å². The van der Waals surface area contributed by atoms with Gasteiger partial charge in [-0.1, -0.05) is 214 Å². The summed E-state index contributed by atoms with van der Waals surface area (Å²) in [5, 5.41) is 4.27.